The second-order valence-corrected chi connectivity index (χ2v) is 8.86. The largest absolute Gasteiger partial charge is 0.324 e. The highest BCUT2D eigenvalue weighted by Crippen LogP contribution is 2.28. The van der Waals surface area contributed by atoms with Gasteiger partial charge in [-0.2, -0.15) is 4.31 Å². The Bertz CT molecular complexity index is 926. The number of rotatable bonds is 4. The van der Waals surface area contributed by atoms with Gasteiger partial charge >= 0.3 is 0 Å². The quantitative estimate of drug-likeness (QED) is 0.861. The normalized spacial score (nSPS) is 18.0. The Morgan fingerprint density at radius 2 is 1.85 bits per heavy atom. The Kier molecular flexibility index (Phi) is 5.37. The van der Waals surface area contributed by atoms with Crippen molar-refractivity contribution >= 4 is 33.2 Å². The summed E-state index contributed by atoms with van der Waals surface area (Å²) >= 11 is 5.94. The predicted molar refractivity (Wildman–Crippen MR) is 103 cm³/mol. The molecule has 1 heterocycles. The van der Waals surface area contributed by atoms with Crippen molar-refractivity contribution in [3.8, 4) is 0 Å². The molecule has 1 saturated heterocycles. The zero-order chi connectivity index (χ0) is 18.9. The van der Waals surface area contributed by atoms with E-state index in [0.717, 1.165) is 11.1 Å². The van der Waals surface area contributed by atoms with Crippen molar-refractivity contribution in [3.05, 3.63) is 58.6 Å². The molecule has 0 spiro atoms. The van der Waals surface area contributed by atoms with Gasteiger partial charge in [0.2, 0.25) is 15.9 Å². The summed E-state index contributed by atoms with van der Waals surface area (Å²) in [5, 5.41) is 3.43. The van der Waals surface area contributed by atoms with E-state index in [-0.39, 0.29) is 10.8 Å². The molecule has 0 saturated carbocycles. The molecule has 0 bridgehead atoms. The molecule has 2 aromatic rings. The number of hydrogen-bond acceptors (Lipinski definition) is 3. The van der Waals surface area contributed by atoms with E-state index in [1.54, 1.807) is 42.5 Å². The summed E-state index contributed by atoms with van der Waals surface area (Å²) in [4.78, 5) is 13.0. The summed E-state index contributed by atoms with van der Waals surface area (Å²) in [6, 6.07) is 11.2. The Hall–Kier alpha value is -1.89. The van der Waals surface area contributed by atoms with E-state index in [2.05, 4.69) is 5.32 Å². The van der Waals surface area contributed by atoms with Crippen LogP contribution in [0, 0.1) is 13.8 Å². The molecule has 138 valence electrons. The number of anilines is 1. The summed E-state index contributed by atoms with van der Waals surface area (Å²) < 4.78 is 27.2. The third-order valence-electron chi connectivity index (χ3n) is 4.58. The van der Waals surface area contributed by atoms with Crippen molar-refractivity contribution in [2.75, 3.05) is 11.9 Å². The standard InChI is InChI=1S/C19H21ClN2O3S/c1-13-5-8-16(9-6-13)26(24,25)22-11-3-4-18(22)19(23)21-17-10-7-15(20)12-14(17)2/h5-10,12,18H,3-4,11H2,1-2H3,(H,21,23)/t18-/m1/s1. The van der Waals surface area contributed by atoms with Crippen LogP contribution in [-0.2, 0) is 14.8 Å². The monoisotopic (exact) mass is 392 g/mol. The number of amides is 1. The highest BCUT2D eigenvalue weighted by molar-refractivity contribution is 7.89. The smallest absolute Gasteiger partial charge is 0.243 e. The maximum absolute atomic E-state index is 13.0. The Morgan fingerprint density at radius 3 is 2.50 bits per heavy atom. The molecule has 5 nitrogen and oxygen atoms in total. The molecule has 26 heavy (non-hydrogen) atoms. The van der Waals surface area contributed by atoms with Gasteiger partial charge in [0.1, 0.15) is 6.04 Å². The predicted octanol–water partition coefficient (Wildman–Crippen LogP) is 3.75. The SMILES string of the molecule is Cc1ccc(S(=O)(=O)N2CCC[C@@H]2C(=O)Nc2ccc(Cl)cc2C)cc1. The van der Waals surface area contributed by atoms with Crippen molar-refractivity contribution in [1.29, 1.82) is 0 Å². The molecule has 1 aliphatic rings. The first kappa shape index (κ1) is 18.9. The number of carbonyl (C=O) groups is 1. The Morgan fingerprint density at radius 1 is 1.15 bits per heavy atom. The van der Waals surface area contributed by atoms with Gasteiger partial charge in [0.15, 0.2) is 0 Å². The summed E-state index contributed by atoms with van der Waals surface area (Å²) in [6.45, 7) is 4.09. The van der Waals surface area contributed by atoms with Crippen molar-refractivity contribution in [3.63, 3.8) is 0 Å². The topological polar surface area (TPSA) is 66.5 Å². The average Bonchev–Trinajstić information content (AvgIpc) is 3.08. The zero-order valence-corrected chi connectivity index (χ0v) is 16.3. The molecule has 3 rings (SSSR count). The maximum Gasteiger partial charge on any atom is 0.243 e. The summed E-state index contributed by atoms with van der Waals surface area (Å²) in [6.07, 6.45) is 1.16. The lowest BCUT2D eigenvalue weighted by atomic mass is 10.1. The van der Waals surface area contributed by atoms with Crippen LogP contribution in [0.2, 0.25) is 5.02 Å². The lowest BCUT2D eigenvalue weighted by Gasteiger charge is -2.24. The van der Waals surface area contributed by atoms with E-state index >= 15 is 0 Å². The minimum Gasteiger partial charge on any atom is -0.324 e. The molecule has 1 atom stereocenters. The van der Waals surface area contributed by atoms with Gasteiger partial charge in [-0.05, 0) is 62.6 Å². The van der Waals surface area contributed by atoms with Crippen LogP contribution < -0.4 is 5.32 Å². The van der Waals surface area contributed by atoms with Crippen molar-refractivity contribution in [2.45, 2.75) is 37.6 Å². The molecule has 0 aliphatic carbocycles. The van der Waals surface area contributed by atoms with Crippen LogP contribution in [0.3, 0.4) is 0 Å². The van der Waals surface area contributed by atoms with Gasteiger partial charge in [-0.3, -0.25) is 4.79 Å². The molecular weight excluding hydrogens is 372 g/mol. The minimum atomic E-state index is -3.71. The van der Waals surface area contributed by atoms with Crippen LogP contribution in [0.5, 0.6) is 0 Å². The van der Waals surface area contributed by atoms with Crippen LogP contribution in [0.1, 0.15) is 24.0 Å². The van der Waals surface area contributed by atoms with Crippen LogP contribution >= 0.6 is 11.6 Å². The molecular formula is C19H21ClN2O3S. The fourth-order valence-electron chi connectivity index (χ4n) is 3.12. The van der Waals surface area contributed by atoms with E-state index in [1.165, 1.54) is 4.31 Å². The Balaban J connectivity index is 1.83. The lowest BCUT2D eigenvalue weighted by molar-refractivity contribution is -0.119. The molecule has 1 N–H and O–H groups in total. The summed E-state index contributed by atoms with van der Waals surface area (Å²) in [5.74, 6) is -0.316. The zero-order valence-electron chi connectivity index (χ0n) is 14.7. The van der Waals surface area contributed by atoms with Gasteiger partial charge in [0, 0.05) is 17.3 Å². The van der Waals surface area contributed by atoms with Crippen LogP contribution in [-0.4, -0.2) is 31.2 Å². The van der Waals surface area contributed by atoms with Gasteiger partial charge in [0.05, 0.1) is 4.90 Å². The van der Waals surface area contributed by atoms with Crippen molar-refractivity contribution in [1.82, 2.24) is 4.31 Å². The first-order chi connectivity index (χ1) is 12.3. The van der Waals surface area contributed by atoms with Gasteiger partial charge < -0.3 is 5.32 Å². The van der Waals surface area contributed by atoms with E-state index in [4.69, 9.17) is 11.6 Å². The summed E-state index contributed by atoms with van der Waals surface area (Å²) in [5.41, 5.74) is 2.45. The Labute approximate surface area is 159 Å². The molecule has 1 fully saturated rings. The number of nitrogens with zero attached hydrogens (tertiary/aromatic N) is 1. The van der Waals surface area contributed by atoms with E-state index < -0.39 is 16.1 Å². The molecule has 0 aromatic heterocycles. The van der Waals surface area contributed by atoms with Gasteiger partial charge in [-0.1, -0.05) is 29.3 Å². The van der Waals surface area contributed by atoms with Crippen molar-refractivity contribution < 1.29 is 13.2 Å². The molecule has 1 aliphatic heterocycles. The highest BCUT2D eigenvalue weighted by Gasteiger charge is 2.39. The fraction of sp³-hybridized carbons (Fsp3) is 0.316. The van der Waals surface area contributed by atoms with E-state index in [9.17, 15) is 13.2 Å². The molecule has 1 amide bonds. The summed E-state index contributed by atoms with van der Waals surface area (Å²) in [7, 11) is -3.71. The third-order valence-corrected chi connectivity index (χ3v) is 6.74. The number of benzene rings is 2. The molecule has 2 aromatic carbocycles. The highest BCUT2D eigenvalue weighted by atomic mass is 35.5. The average molecular weight is 393 g/mol. The number of nitrogens with one attached hydrogen (secondary N) is 1. The van der Waals surface area contributed by atoms with Gasteiger partial charge in [0.25, 0.3) is 0 Å². The van der Waals surface area contributed by atoms with Gasteiger partial charge in [-0.15, -0.1) is 0 Å². The van der Waals surface area contributed by atoms with Crippen LogP contribution in [0.4, 0.5) is 5.69 Å². The minimum absolute atomic E-state index is 0.213. The fourth-order valence-corrected chi connectivity index (χ4v) is 5.00. The number of aryl methyl sites for hydroxylation is 2. The van der Waals surface area contributed by atoms with E-state index in [1.807, 2.05) is 13.8 Å². The second-order valence-electron chi connectivity index (χ2n) is 6.54. The lowest BCUT2D eigenvalue weighted by Crippen LogP contribution is -2.43. The number of sulfonamides is 1. The number of halogens is 1. The first-order valence-corrected chi connectivity index (χ1v) is 10.3. The van der Waals surface area contributed by atoms with Crippen molar-refractivity contribution in [2.24, 2.45) is 0 Å². The third kappa shape index (κ3) is 3.77. The number of hydrogen-bond donors (Lipinski definition) is 1. The molecule has 7 heteroatoms. The van der Waals surface area contributed by atoms with Crippen LogP contribution in [0.15, 0.2) is 47.4 Å². The number of carbonyl (C=O) groups excluding carboxylic acids is 1. The maximum atomic E-state index is 13.0. The molecule has 0 radical (unpaired) electrons. The van der Waals surface area contributed by atoms with Gasteiger partial charge in [-0.25, -0.2) is 8.42 Å². The van der Waals surface area contributed by atoms with E-state index in [0.29, 0.717) is 30.1 Å². The second kappa shape index (κ2) is 7.39. The molecule has 0 unspecified atom stereocenters. The van der Waals surface area contributed by atoms with Crippen LogP contribution in [0.25, 0.3) is 0 Å². The first-order valence-electron chi connectivity index (χ1n) is 8.44.